The second kappa shape index (κ2) is 4.09. The van der Waals surface area contributed by atoms with Crippen molar-refractivity contribution in [3.8, 4) is 0 Å². The van der Waals surface area contributed by atoms with E-state index in [-0.39, 0.29) is 17.9 Å². The quantitative estimate of drug-likeness (QED) is 0.713. The van der Waals surface area contributed by atoms with Crippen molar-refractivity contribution < 1.29 is 9.90 Å². The first-order valence-corrected chi connectivity index (χ1v) is 4.94. The molecule has 1 aliphatic rings. The van der Waals surface area contributed by atoms with Gasteiger partial charge in [0.15, 0.2) is 0 Å². The summed E-state index contributed by atoms with van der Waals surface area (Å²) in [6.07, 6.45) is 2.18. The van der Waals surface area contributed by atoms with E-state index in [0.29, 0.717) is 12.8 Å². The lowest BCUT2D eigenvalue weighted by atomic mass is 9.93. The zero-order valence-electron chi connectivity index (χ0n) is 8.55. The molecule has 0 atom stereocenters. The third kappa shape index (κ3) is 2.99. The molecule has 0 saturated carbocycles. The third-order valence-electron chi connectivity index (χ3n) is 2.58. The van der Waals surface area contributed by atoms with Crippen LogP contribution in [0, 0.1) is 5.41 Å². The standard InChI is InChI=1S/C10H19NO2/c1-10(2)5-6-11(8-10)9(13)4-3-7-12/h12H,3-8H2,1-2H3. The Hall–Kier alpha value is -0.570. The Morgan fingerprint density at radius 1 is 1.54 bits per heavy atom. The average molecular weight is 185 g/mol. The summed E-state index contributed by atoms with van der Waals surface area (Å²) in [6, 6.07) is 0. The maximum atomic E-state index is 11.5. The van der Waals surface area contributed by atoms with Gasteiger partial charge in [0, 0.05) is 26.1 Å². The first-order valence-electron chi connectivity index (χ1n) is 4.94. The third-order valence-corrected chi connectivity index (χ3v) is 2.58. The van der Waals surface area contributed by atoms with Gasteiger partial charge in [0.25, 0.3) is 0 Å². The predicted octanol–water partition coefficient (Wildman–Crippen LogP) is 1.02. The zero-order valence-corrected chi connectivity index (χ0v) is 8.55. The topological polar surface area (TPSA) is 40.5 Å². The summed E-state index contributed by atoms with van der Waals surface area (Å²) in [5.74, 6) is 0.194. The minimum atomic E-state index is 0.114. The molecular formula is C10H19NO2. The summed E-state index contributed by atoms with van der Waals surface area (Å²) in [4.78, 5) is 13.4. The van der Waals surface area contributed by atoms with Gasteiger partial charge in [-0.15, -0.1) is 0 Å². The number of likely N-dealkylation sites (tertiary alicyclic amines) is 1. The van der Waals surface area contributed by atoms with Crippen LogP contribution in [0.2, 0.25) is 0 Å². The van der Waals surface area contributed by atoms with Gasteiger partial charge in [-0.25, -0.2) is 0 Å². The number of carbonyl (C=O) groups excluding carboxylic acids is 1. The van der Waals surface area contributed by atoms with Crippen LogP contribution >= 0.6 is 0 Å². The smallest absolute Gasteiger partial charge is 0.222 e. The predicted molar refractivity (Wildman–Crippen MR) is 51.3 cm³/mol. The summed E-state index contributed by atoms with van der Waals surface area (Å²) in [6.45, 7) is 6.25. The Morgan fingerprint density at radius 3 is 2.69 bits per heavy atom. The van der Waals surface area contributed by atoms with Crippen molar-refractivity contribution in [2.45, 2.75) is 33.1 Å². The molecule has 3 nitrogen and oxygen atoms in total. The summed E-state index contributed by atoms with van der Waals surface area (Å²) in [5, 5.41) is 8.59. The molecule has 1 aliphatic heterocycles. The van der Waals surface area contributed by atoms with Crippen LogP contribution in [0.4, 0.5) is 0 Å². The Kier molecular flexibility index (Phi) is 3.31. The number of aliphatic hydroxyl groups excluding tert-OH is 1. The molecule has 0 aliphatic carbocycles. The van der Waals surface area contributed by atoms with Gasteiger partial charge >= 0.3 is 0 Å². The highest BCUT2D eigenvalue weighted by atomic mass is 16.3. The highest BCUT2D eigenvalue weighted by Gasteiger charge is 2.31. The molecule has 1 saturated heterocycles. The number of aliphatic hydroxyl groups is 1. The molecule has 0 unspecified atom stereocenters. The van der Waals surface area contributed by atoms with Gasteiger partial charge in [-0.05, 0) is 18.3 Å². The average Bonchev–Trinajstić information content (AvgIpc) is 2.42. The molecule has 1 heterocycles. The molecule has 0 aromatic rings. The fraction of sp³-hybridized carbons (Fsp3) is 0.900. The lowest BCUT2D eigenvalue weighted by Crippen LogP contribution is -2.30. The fourth-order valence-electron chi connectivity index (χ4n) is 1.71. The molecule has 0 aromatic carbocycles. The Bertz CT molecular complexity index is 189. The van der Waals surface area contributed by atoms with E-state index in [9.17, 15) is 4.79 Å². The fourth-order valence-corrected chi connectivity index (χ4v) is 1.71. The van der Waals surface area contributed by atoms with Gasteiger partial charge < -0.3 is 10.0 Å². The van der Waals surface area contributed by atoms with Crippen LogP contribution in [0.3, 0.4) is 0 Å². The number of nitrogens with zero attached hydrogens (tertiary/aromatic N) is 1. The summed E-state index contributed by atoms with van der Waals surface area (Å²) < 4.78 is 0. The summed E-state index contributed by atoms with van der Waals surface area (Å²) in [5.41, 5.74) is 0.287. The first kappa shape index (κ1) is 10.5. The van der Waals surface area contributed by atoms with E-state index in [1.807, 2.05) is 4.90 Å². The SMILES string of the molecule is CC1(C)CCN(C(=O)CCCO)C1. The van der Waals surface area contributed by atoms with E-state index in [2.05, 4.69) is 13.8 Å². The second-order valence-corrected chi connectivity index (χ2v) is 4.56. The van der Waals surface area contributed by atoms with Gasteiger partial charge in [-0.3, -0.25) is 4.79 Å². The Balaban J connectivity index is 2.33. The highest BCUT2D eigenvalue weighted by molar-refractivity contribution is 5.76. The van der Waals surface area contributed by atoms with Crippen molar-refractivity contribution in [1.29, 1.82) is 0 Å². The Morgan fingerprint density at radius 2 is 2.23 bits per heavy atom. The molecule has 76 valence electrons. The van der Waals surface area contributed by atoms with Gasteiger partial charge in [0.05, 0.1) is 0 Å². The van der Waals surface area contributed by atoms with Crippen LogP contribution < -0.4 is 0 Å². The van der Waals surface area contributed by atoms with Crippen LogP contribution in [0.15, 0.2) is 0 Å². The van der Waals surface area contributed by atoms with Crippen molar-refractivity contribution in [2.75, 3.05) is 19.7 Å². The summed E-state index contributed by atoms with van der Waals surface area (Å²) >= 11 is 0. The molecule has 1 rings (SSSR count). The first-order chi connectivity index (χ1) is 6.05. The number of amides is 1. The molecule has 3 heteroatoms. The minimum Gasteiger partial charge on any atom is -0.396 e. The number of hydrogen-bond donors (Lipinski definition) is 1. The molecule has 0 radical (unpaired) electrons. The van der Waals surface area contributed by atoms with Crippen LogP contribution in [-0.2, 0) is 4.79 Å². The maximum absolute atomic E-state index is 11.5. The monoisotopic (exact) mass is 185 g/mol. The van der Waals surface area contributed by atoms with Crippen LogP contribution in [-0.4, -0.2) is 35.6 Å². The van der Waals surface area contributed by atoms with Crippen molar-refractivity contribution >= 4 is 5.91 Å². The van der Waals surface area contributed by atoms with E-state index in [4.69, 9.17) is 5.11 Å². The minimum absolute atomic E-state index is 0.114. The van der Waals surface area contributed by atoms with Gasteiger partial charge in [0.2, 0.25) is 5.91 Å². The molecular weight excluding hydrogens is 166 g/mol. The van der Waals surface area contributed by atoms with Gasteiger partial charge in [-0.2, -0.15) is 0 Å². The lowest BCUT2D eigenvalue weighted by Gasteiger charge is -2.19. The van der Waals surface area contributed by atoms with Crippen molar-refractivity contribution in [1.82, 2.24) is 4.90 Å². The molecule has 0 spiro atoms. The molecule has 1 fully saturated rings. The molecule has 0 aromatic heterocycles. The summed E-state index contributed by atoms with van der Waals surface area (Å²) in [7, 11) is 0. The van der Waals surface area contributed by atoms with Crippen LogP contribution in [0.1, 0.15) is 33.1 Å². The zero-order chi connectivity index (χ0) is 9.90. The number of rotatable bonds is 3. The second-order valence-electron chi connectivity index (χ2n) is 4.56. The number of carbonyl (C=O) groups is 1. The molecule has 0 bridgehead atoms. The van der Waals surface area contributed by atoms with E-state index in [1.54, 1.807) is 0 Å². The van der Waals surface area contributed by atoms with Crippen LogP contribution in [0.5, 0.6) is 0 Å². The van der Waals surface area contributed by atoms with Crippen molar-refractivity contribution in [3.63, 3.8) is 0 Å². The largest absolute Gasteiger partial charge is 0.396 e. The van der Waals surface area contributed by atoms with E-state index in [1.165, 1.54) is 0 Å². The lowest BCUT2D eigenvalue weighted by molar-refractivity contribution is -0.130. The van der Waals surface area contributed by atoms with Crippen molar-refractivity contribution in [2.24, 2.45) is 5.41 Å². The van der Waals surface area contributed by atoms with Crippen molar-refractivity contribution in [3.05, 3.63) is 0 Å². The van der Waals surface area contributed by atoms with E-state index >= 15 is 0 Å². The van der Waals surface area contributed by atoms with E-state index < -0.39 is 0 Å². The van der Waals surface area contributed by atoms with Gasteiger partial charge in [-0.1, -0.05) is 13.8 Å². The number of hydrogen-bond acceptors (Lipinski definition) is 2. The highest BCUT2D eigenvalue weighted by Crippen LogP contribution is 2.29. The molecule has 1 N–H and O–H groups in total. The van der Waals surface area contributed by atoms with E-state index in [0.717, 1.165) is 19.5 Å². The maximum Gasteiger partial charge on any atom is 0.222 e. The Labute approximate surface area is 79.7 Å². The molecule has 13 heavy (non-hydrogen) atoms. The van der Waals surface area contributed by atoms with Crippen LogP contribution in [0.25, 0.3) is 0 Å². The molecule has 1 amide bonds. The van der Waals surface area contributed by atoms with Gasteiger partial charge in [0.1, 0.15) is 0 Å². The normalized spacial score (nSPS) is 20.7.